The minimum absolute atomic E-state index is 0.160. The maximum absolute atomic E-state index is 13.1. The molecular formula is C27H30N2O4S. The summed E-state index contributed by atoms with van der Waals surface area (Å²) in [5.74, 6) is 0.593. The van der Waals surface area contributed by atoms with Crippen molar-refractivity contribution in [1.82, 2.24) is 4.72 Å². The lowest BCUT2D eigenvalue weighted by Gasteiger charge is -2.43. The molecule has 5 rings (SSSR count). The molecule has 3 aromatic rings. The Kier molecular flexibility index (Phi) is 6.34. The number of ether oxygens (including phenoxy) is 1. The van der Waals surface area contributed by atoms with Crippen LogP contribution in [0.5, 0.6) is 5.75 Å². The Morgan fingerprint density at radius 2 is 1.47 bits per heavy atom. The number of aliphatic hydroxyl groups is 1. The number of hydrogen-bond acceptors (Lipinski definition) is 5. The van der Waals surface area contributed by atoms with Crippen molar-refractivity contribution in [2.75, 3.05) is 12.0 Å². The summed E-state index contributed by atoms with van der Waals surface area (Å²) in [5, 5.41) is 11.5. The first-order valence-electron chi connectivity index (χ1n) is 11.8. The van der Waals surface area contributed by atoms with Gasteiger partial charge in [-0.3, -0.25) is 0 Å². The fourth-order valence-corrected chi connectivity index (χ4v) is 6.55. The molecule has 6 nitrogen and oxygen atoms in total. The van der Waals surface area contributed by atoms with Crippen LogP contribution in [0.1, 0.15) is 30.4 Å². The summed E-state index contributed by atoms with van der Waals surface area (Å²) in [5.41, 5.74) is 4.67. The quantitative estimate of drug-likeness (QED) is 0.575. The van der Waals surface area contributed by atoms with Gasteiger partial charge in [0.25, 0.3) is 0 Å². The molecule has 2 N–H and O–H groups in total. The zero-order valence-electron chi connectivity index (χ0n) is 19.2. The molecule has 178 valence electrons. The van der Waals surface area contributed by atoms with Gasteiger partial charge in [-0.25, -0.2) is 13.1 Å². The first kappa shape index (κ1) is 22.9. The standard InChI is InChI=1S/C27H30N2O4S/c1-33-21-15-17-22(18-16-21)34(31,32)28-23-9-6-12-26(27(23)30)29-24-10-4-2-7-19(24)13-14-20-8-3-5-11-25(20)29/h2-5,7-8,10-11,15-18,23,26-28,30H,6,9,12-14H2,1H3/t23-,26+,27+/m0/s1. The molecule has 0 bridgehead atoms. The smallest absolute Gasteiger partial charge is 0.240 e. The molecule has 0 aromatic heterocycles. The summed E-state index contributed by atoms with van der Waals surface area (Å²) in [6, 6.07) is 22.1. The molecule has 0 saturated heterocycles. The summed E-state index contributed by atoms with van der Waals surface area (Å²) < 4.78 is 34.1. The van der Waals surface area contributed by atoms with Crippen LogP contribution in [-0.2, 0) is 22.9 Å². The van der Waals surface area contributed by atoms with Crippen molar-refractivity contribution in [2.45, 2.75) is 55.2 Å². The molecule has 1 aliphatic heterocycles. The van der Waals surface area contributed by atoms with E-state index in [1.54, 1.807) is 19.2 Å². The van der Waals surface area contributed by atoms with E-state index in [1.807, 2.05) is 12.1 Å². The van der Waals surface area contributed by atoms with E-state index in [0.717, 1.165) is 37.1 Å². The van der Waals surface area contributed by atoms with Gasteiger partial charge in [-0.15, -0.1) is 0 Å². The van der Waals surface area contributed by atoms with Crippen LogP contribution in [0.25, 0.3) is 0 Å². The van der Waals surface area contributed by atoms with E-state index >= 15 is 0 Å². The Labute approximate surface area is 201 Å². The SMILES string of the molecule is COc1ccc(S(=O)(=O)N[C@H]2CCC[C@@H](N3c4ccccc4CCc4ccccc43)[C@@H]2O)cc1. The van der Waals surface area contributed by atoms with E-state index in [2.05, 4.69) is 46.0 Å². The van der Waals surface area contributed by atoms with Crippen LogP contribution < -0.4 is 14.4 Å². The molecule has 0 unspecified atom stereocenters. The lowest BCUT2D eigenvalue weighted by atomic mass is 9.86. The minimum atomic E-state index is -3.78. The molecule has 1 fully saturated rings. The van der Waals surface area contributed by atoms with Crippen molar-refractivity contribution in [3.63, 3.8) is 0 Å². The summed E-state index contributed by atoms with van der Waals surface area (Å²) in [4.78, 5) is 2.41. The number of fused-ring (bicyclic) bond motifs is 2. The molecule has 7 heteroatoms. The van der Waals surface area contributed by atoms with Crippen LogP contribution in [0, 0.1) is 0 Å². The summed E-state index contributed by atoms with van der Waals surface area (Å²) in [7, 11) is -2.24. The fourth-order valence-electron chi connectivity index (χ4n) is 5.26. The molecule has 2 aliphatic rings. The third-order valence-corrected chi connectivity index (χ3v) is 8.50. The Hall–Kier alpha value is -2.87. The number of methoxy groups -OCH3 is 1. The number of benzene rings is 3. The van der Waals surface area contributed by atoms with E-state index in [1.165, 1.54) is 23.3 Å². The molecule has 3 aromatic carbocycles. The maximum atomic E-state index is 13.1. The molecule has 0 spiro atoms. The lowest BCUT2D eigenvalue weighted by molar-refractivity contribution is 0.0812. The third kappa shape index (κ3) is 4.31. The second-order valence-corrected chi connectivity index (χ2v) is 10.7. The molecular weight excluding hydrogens is 448 g/mol. The topological polar surface area (TPSA) is 78.9 Å². The second-order valence-electron chi connectivity index (χ2n) is 9.02. The van der Waals surface area contributed by atoms with Gasteiger partial charge in [-0.05, 0) is 79.6 Å². The molecule has 1 saturated carbocycles. The van der Waals surface area contributed by atoms with Crippen molar-refractivity contribution in [3.05, 3.63) is 83.9 Å². The number of sulfonamides is 1. The molecule has 1 aliphatic carbocycles. The number of nitrogens with one attached hydrogen (secondary N) is 1. The van der Waals surface area contributed by atoms with Gasteiger partial charge in [0.1, 0.15) is 5.75 Å². The monoisotopic (exact) mass is 478 g/mol. The van der Waals surface area contributed by atoms with Crippen LogP contribution in [-0.4, -0.2) is 38.8 Å². The van der Waals surface area contributed by atoms with Crippen LogP contribution in [0.3, 0.4) is 0 Å². The predicted molar refractivity (Wildman–Crippen MR) is 133 cm³/mol. The van der Waals surface area contributed by atoms with Crippen molar-refractivity contribution in [1.29, 1.82) is 0 Å². The lowest BCUT2D eigenvalue weighted by Crippen LogP contribution is -2.55. The molecule has 0 amide bonds. The molecule has 0 radical (unpaired) electrons. The Bertz CT molecular complexity index is 1210. The third-order valence-electron chi connectivity index (χ3n) is 7.00. The maximum Gasteiger partial charge on any atom is 0.240 e. The largest absolute Gasteiger partial charge is 0.497 e. The number of rotatable bonds is 5. The zero-order valence-corrected chi connectivity index (χ0v) is 20.0. The van der Waals surface area contributed by atoms with Gasteiger partial charge in [0.15, 0.2) is 0 Å². The Morgan fingerprint density at radius 3 is 2.06 bits per heavy atom. The van der Waals surface area contributed by atoms with E-state index in [0.29, 0.717) is 12.2 Å². The number of aryl methyl sites for hydroxylation is 2. The van der Waals surface area contributed by atoms with Crippen LogP contribution >= 0.6 is 0 Å². The Morgan fingerprint density at radius 1 is 0.882 bits per heavy atom. The van der Waals surface area contributed by atoms with Crippen molar-refractivity contribution < 1.29 is 18.3 Å². The number of anilines is 2. The first-order chi connectivity index (χ1) is 16.5. The van der Waals surface area contributed by atoms with Gasteiger partial charge >= 0.3 is 0 Å². The van der Waals surface area contributed by atoms with Crippen LogP contribution in [0.15, 0.2) is 77.7 Å². The van der Waals surface area contributed by atoms with Crippen molar-refractivity contribution in [3.8, 4) is 5.75 Å². The van der Waals surface area contributed by atoms with Gasteiger partial charge in [-0.1, -0.05) is 36.4 Å². The van der Waals surface area contributed by atoms with Gasteiger partial charge in [0.05, 0.1) is 30.2 Å². The molecule has 3 atom stereocenters. The van der Waals surface area contributed by atoms with Crippen LogP contribution in [0.4, 0.5) is 11.4 Å². The minimum Gasteiger partial charge on any atom is -0.497 e. The number of para-hydroxylation sites is 2. The average molecular weight is 479 g/mol. The van der Waals surface area contributed by atoms with Gasteiger partial charge in [-0.2, -0.15) is 0 Å². The molecule has 34 heavy (non-hydrogen) atoms. The number of hydrogen-bond donors (Lipinski definition) is 2. The highest BCUT2D eigenvalue weighted by molar-refractivity contribution is 7.89. The van der Waals surface area contributed by atoms with E-state index in [-0.39, 0.29) is 10.9 Å². The van der Waals surface area contributed by atoms with Gasteiger partial charge in [0.2, 0.25) is 10.0 Å². The van der Waals surface area contributed by atoms with Gasteiger partial charge < -0.3 is 14.7 Å². The summed E-state index contributed by atoms with van der Waals surface area (Å²) >= 11 is 0. The highest BCUT2D eigenvalue weighted by Crippen LogP contribution is 2.41. The van der Waals surface area contributed by atoms with Gasteiger partial charge in [0, 0.05) is 11.4 Å². The van der Waals surface area contributed by atoms with E-state index < -0.39 is 22.2 Å². The summed E-state index contributed by atoms with van der Waals surface area (Å²) in [6.07, 6.45) is 3.19. The van der Waals surface area contributed by atoms with Crippen LogP contribution in [0.2, 0.25) is 0 Å². The first-order valence-corrected chi connectivity index (χ1v) is 13.3. The highest BCUT2D eigenvalue weighted by atomic mass is 32.2. The zero-order chi connectivity index (χ0) is 23.7. The second kappa shape index (κ2) is 9.41. The normalized spacial score (nSPS) is 22.4. The van der Waals surface area contributed by atoms with Crippen molar-refractivity contribution in [2.24, 2.45) is 0 Å². The predicted octanol–water partition coefficient (Wildman–Crippen LogP) is 4.19. The Balaban J connectivity index is 1.46. The number of nitrogens with zero attached hydrogens (tertiary/aromatic N) is 1. The van der Waals surface area contributed by atoms with E-state index in [4.69, 9.17) is 4.74 Å². The number of aliphatic hydroxyl groups excluding tert-OH is 1. The highest BCUT2D eigenvalue weighted by Gasteiger charge is 2.39. The average Bonchev–Trinajstić information content (AvgIpc) is 3.02. The van der Waals surface area contributed by atoms with E-state index in [9.17, 15) is 13.5 Å². The van der Waals surface area contributed by atoms with Crippen molar-refractivity contribution >= 4 is 21.4 Å². The summed E-state index contributed by atoms with van der Waals surface area (Å²) in [6.45, 7) is 0. The fraction of sp³-hybridized carbons (Fsp3) is 0.333. The molecule has 1 heterocycles.